The average molecular weight is 434 g/mol. The molecule has 0 bridgehead atoms. The molecular formula is C26H18N4O3. The molecule has 0 saturated carbocycles. The van der Waals surface area contributed by atoms with Crippen LogP contribution in [0, 0.1) is 0 Å². The molecule has 2 aliphatic heterocycles. The number of amides is 3. The summed E-state index contributed by atoms with van der Waals surface area (Å²) in [4.78, 5) is 47.3. The lowest BCUT2D eigenvalue weighted by molar-refractivity contribution is -0.117. The first kappa shape index (κ1) is 19.2. The van der Waals surface area contributed by atoms with E-state index in [1.165, 1.54) is 4.90 Å². The van der Waals surface area contributed by atoms with Gasteiger partial charge in [0.25, 0.3) is 11.8 Å². The third-order valence-electron chi connectivity index (χ3n) is 6.10. The summed E-state index contributed by atoms with van der Waals surface area (Å²) in [6.45, 7) is -0.209. The molecule has 33 heavy (non-hydrogen) atoms. The standard InChI is InChI=1S/C26H18N4O3/c31-22(28-20-12-5-7-16-8-6-14-27-23(16)20)15-29-24-17-9-1-2-10-18(17)26(33)30(24)21-13-4-3-11-19(21)25(29)32/h1-14,24H,15H2,(H,28,31). The van der Waals surface area contributed by atoms with Gasteiger partial charge < -0.3 is 10.2 Å². The van der Waals surface area contributed by atoms with Gasteiger partial charge in [0.2, 0.25) is 5.91 Å². The molecule has 1 atom stereocenters. The van der Waals surface area contributed by atoms with Crippen LogP contribution in [0.1, 0.15) is 32.4 Å². The van der Waals surface area contributed by atoms with Gasteiger partial charge in [-0.05, 0) is 30.3 Å². The van der Waals surface area contributed by atoms with Crippen molar-refractivity contribution in [3.05, 3.63) is 102 Å². The zero-order chi connectivity index (χ0) is 22.5. The molecule has 2 aliphatic rings. The van der Waals surface area contributed by atoms with Crippen molar-refractivity contribution in [1.82, 2.24) is 9.88 Å². The van der Waals surface area contributed by atoms with E-state index >= 15 is 0 Å². The number of carbonyl (C=O) groups is 3. The van der Waals surface area contributed by atoms with Crippen molar-refractivity contribution in [1.29, 1.82) is 0 Å². The number of fused-ring (bicyclic) bond motifs is 6. The molecule has 3 amide bonds. The van der Waals surface area contributed by atoms with Crippen molar-refractivity contribution >= 4 is 40.0 Å². The number of anilines is 2. The Kier molecular flexibility index (Phi) is 4.23. The van der Waals surface area contributed by atoms with E-state index in [1.54, 1.807) is 53.6 Å². The molecule has 0 saturated heterocycles. The molecule has 3 aromatic carbocycles. The highest BCUT2D eigenvalue weighted by molar-refractivity contribution is 6.17. The van der Waals surface area contributed by atoms with E-state index in [0.29, 0.717) is 33.6 Å². The number of rotatable bonds is 3. The SMILES string of the molecule is O=C(CN1C(=O)c2ccccc2N2C(=O)c3ccccc3C12)Nc1cccc2cccnc12. The van der Waals surface area contributed by atoms with E-state index in [4.69, 9.17) is 0 Å². The normalized spacial score (nSPS) is 16.4. The van der Waals surface area contributed by atoms with E-state index in [1.807, 2.05) is 36.4 Å². The van der Waals surface area contributed by atoms with Crippen molar-refractivity contribution in [3.63, 3.8) is 0 Å². The number of aromatic nitrogens is 1. The average Bonchev–Trinajstić information content (AvgIpc) is 3.15. The Labute approximate surface area is 189 Å². The number of hydrogen-bond donors (Lipinski definition) is 1. The second kappa shape index (κ2) is 7.27. The molecule has 0 aliphatic carbocycles. The largest absolute Gasteiger partial charge is 0.323 e. The Morgan fingerprint density at radius 2 is 1.61 bits per heavy atom. The van der Waals surface area contributed by atoms with E-state index in [2.05, 4.69) is 10.3 Å². The van der Waals surface area contributed by atoms with Gasteiger partial charge in [-0.15, -0.1) is 0 Å². The number of nitrogens with zero attached hydrogens (tertiary/aromatic N) is 3. The topological polar surface area (TPSA) is 82.6 Å². The van der Waals surface area contributed by atoms with Gasteiger partial charge in [-0.25, -0.2) is 0 Å². The summed E-state index contributed by atoms with van der Waals surface area (Å²) in [5.41, 5.74) is 3.45. The van der Waals surface area contributed by atoms with Crippen molar-refractivity contribution in [3.8, 4) is 0 Å². The third kappa shape index (κ3) is 2.90. The van der Waals surface area contributed by atoms with Crippen molar-refractivity contribution in [2.45, 2.75) is 6.17 Å². The molecular weight excluding hydrogens is 416 g/mol. The quantitative estimate of drug-likeness (QED) is 0.529. The Balaban J connectivity index is 1.38. The molecule has 0 spiro atoms. The summed E-state index contributed by atoms with van der Waals surface area (Å²) < 4.78 is 0. The van der Waals surface area contributed by atoms with Crippen LogP contribution >= 0.6 is 0 Å². The summed E-state index contributed by atoms with van der Waals surface area (Å²) in [5.74, 6) is -0.834. The zero-order valence-electron chi connectivity index (χ0n) is 17.4. The van der Waals surface area contributed by atoms with Gasteiger partial charge in [-0.1, -0.05) is 48.5 Å². The van der Waals surface area contributed by atoms with Crippen LogP contribution in [-0.2, 0) is 4.79 Å². The van der Waals surface area contributed by atoms with E-state index in [9.17, 15) is 14.4 Å². The van der Waals surface area contributed by atoms with Gasteiger partial charge in [-0.2, -0.15) is 0 Å². The lowest BCUT2D eigenvalue weighted by Gasteiger charge is -2.40. The maximum absolute atomic E-state index is 13.5. The fourth-order valence-electron chi connectivity index (χ4n) is 4.68. The minimum absolute atomic E-state index is 0.181. The summed E-state index contributed by atoms with van der Waals surface area (Å²) in [5, 5.41) is 3.80. The van der Waals surface area contributed by atoms with Gasteiger partial charge in [0.15, 0.2) is 0 Å². The smallest absolute Gasteiger partial charge is 0.260 e. The molecule has 1 unspecified atom stereocenters. The third-order valence-corrected chi connectivity index (χ3v) is 6.10. The van der Waals surface area contributed by atoms with Gasteiger partial charge >= 0.3 is 0 Å². The van der Waals surface area contributed by atoms with Crippen molar-refractivity contribution in [2.75, 3.05) is 16.8 Å². The van der Waals surface area contributed by atoms with Crippen LogP contribution in [0.15, 0.2) is 85.1 Å². The molecule has 0 fully saturated rings. The van der Waals surface area contributed by atoms with E-state index in [0.717, 1.165) is 5.39 Å². The second-order valence-electron chi connectivity index (χ2n) is 8.02. The monoisotopic (exact) mass is 434 g/mol. The highest BCUT2D eigenvalue weighted by atomic mass is 16.2. The van der Waals surface area contributed by atoms with Crippen LogP contribution in [0.4, 0.5) is 11.4 Å². The number of nitrogens with one attached hydrogen (secondary N) is 1. The number of carbonyl (C=O) groups excluding carboxylic acids is 3. The Morgan fingerprint density at radius 3 is 2.48 bits per heavy atom. The molecule has 1 aromatic heterocycles. The fraction of sp³-hybridized carbons (Fsp3) is 0.0769. The maximum atomic E-state index is 13.5. The molecule has 1 N–H and O–H groups in total. The fourth-order valence-corrected chi connectivity index (χ4v) is 4.68. The number of para-hydroxylation sites is 2. The first-order valence-electron chi connectivity index (χ1n) is 10.6. The van der Waals surface area contributed by atoms with Crippen LogP contribution in [0.5, 0.6) is 0 Å². The lowest BCUT2D eigenvalue weighted by atomic mass is 10.0. The number of hydrogen-bond acceptors (Lipinski definition) is 4. The molecule has 0 radical (unpaired) electrons. The van der Waals surface area contributed by atoms with E-state index in [-0.39, 0.29) is 24.3 Å². The van der Waals surface area contributed by atoms with Crippen molar-refractivity contribution in [2.24, 2.45) is 0 Å². The summed E-state index contributed by atoms with van der Waals surface area (Å²) >= 11 is 0. The van der Waals surface area contributed by atoms with Crippen LogP contribution < -0.4 is 10.2 Å². The van der Waals surface area contributed by atoms with Crippen LogP contribution in [-0.4, -0.2) is 34.2 Å². The van der Waals surface area contributed by atoms with Gasteiger partial charge in [0, 0.05) is 22.7 Å². The maximum Gasteiger partial charge on any atom is 0.260 e. The minimum Gasteiger partial charge on any atom is -0.323 e. The molecule has 7 nitrogen and oxygen atoms in total. The molecule has 160 valence electrons. The Morgan fingerprint density at radius 1 is 0.848 bits per heavy atom. The number of benzene rings is 3. The van der Waals surface area contributed by atoms with Crippen LogP contribution in [0.2, 0.25) is 0 Å². The Hall–Kier alpha value is -4.52. The van der Waals surface area contributed by atoms with Crippen molar-refractivity contribution < 1.29 is 14.4 Å². The zero-order valence-corrected chi connectivity index (χ0v) is 17.4. The summed E-state index contributed by atoms with van der Waals surface area (Å²) in [7, 11) is 0. The lowest BCUT2D eigenvalue weighted by Crippen LogP contribution is -2.50. The van der Waals surface area contributed by atoms with Crippen LogP contribution in [0.3, 0.4) is 0 Å². The minimum atomic E-state index is -0.674. The van der Waals surface area contributed by atoms with Gasteiger partial charge in [-0.3, -0.25) is 24.3 Å². The van der Waals surface area contributed by atoms with Gasteiger partial charge in [0.05, 0.1) is 22.5 Å². The molecule has 6 rings (SSSR count). The predicted molar refractivity (Wildman–Crippen MR) is 124 cm³/mol. The highest BCUT2D eigenvalue weighted by Gasteiger charge is 2.48. The van der Waals surface area contributed by atoms with Gasteiger partial charge in [0.1, 0.15) is 12.7 Å². The number of pyridine rings is 1. The van der Waals surface area contributed by atoms with E-state index < -0.39 is 6.17 Å². The molecule has 7 heteroatoms. The Bertz CT molecular complexity index is 1460. The molecule has 3 heterocycles. The highest BCUT2D eigenvalue weighted by Crippen LogP contribution is 2.45. The first-order valence-corrected chi connectivity index (χ1v) is 10.6. The van der Waals surface area contributed by atoms with Crippen LogP contribution in [0.25, 0.3) is 10.9 Å². The predicted octanol–water partition coefficient (Wildman–Crippen LogP) is 3.99. The first-order chi connectivity index (χ1) is 16.1. The summed E-state index contributed by atoms with van der Waals surface area (Å²) in [6, 6.07) is 23.5. The summed E-state index contributed by atoms with van der Waals surface area (Å²) in [6.07, 6.45) is 0.995. The molecule has 4 aromatic rings. The second-order valence-corrected chi connectivity index (χ2v) is 8.02.